The number of oxazole rings is 1. The molecule has 1 aliphatic heterocycles. The third-order valence-corrected chi connectivity index (χ3v) is 5.70. The van der Waals surface area contributed by atoms with E-state index in [0.29, 0.717) is 0 Å². The largest absolute Gasteiger partial charge is 0.440 e. The molecule has 0 bridgehead atoms. The molecule has 0 unspecified atom stereocenters. The molecule has 4 heteroatoms. The highest BCUT2D eigenvalue weighted by Gasteiger charge is 2.26. The average Bonchev–Trinajstić information content (AvgIpc) is 3.22. The van der Waals surface area contributed by atoms with Crippen LogP contribution in [-0.4, -0.2) is 28.9 Å². The number of piperidine rings is 1. The molecule has 0 atom stereocenters. The van der Waals surface area contributed by atoms with Crippen molar-refractivity contribution in [3.8, 4) is 0 Å². The van der Waals surface area contributed by atoms with E-state index in [-0.39, 0.29) is 11.8 Å². The number of amides is 1. The van der Waals surface area contributed by atoms with Gasteiger partial charge in [0, 0.05) is 25.1 Å². The zero-order valence-electron chi connectivity index (χ0n) is 16.1. The number of fused-ring (bicyclic) bond motifs is 2. The SMILES string of the molecule is O=C(/C=C/c1cccc2ccccc12)N1CCC(c2nc3ccccc3o2)CC1. The summed E-state index contributed by atoms with van der Waals surface area (Å²) in [6.45, 7) is 1.45. The second-order valence-corrected chi connectivity index (χ2v) is 7.52. The lowest BCUT2D eigenvalue weighted by molar-refractivity contribution is -0.127. The smallest absolute Gasteiger partial charge is 0.246 e. The number of carbonyl (C=O) groups excluding carboxylic acids is 1. The molecule has 5 rings (SSSR count). The van der Waals surface area contributed by atoms with Crippen LogP contribution in [0.1, 0.15) is 30.2 Å². The summed E-state index contributed by atoms with van der Waals surface area (Å²) in [6.07, 6.45) is 5.38. The Morgan fingerprint density at radius 3 is 2.59 bits per heavy atom. The Labute approximate surface area is 169 Å². The maximum absolute atomic E-state index is 12.7. The van der Waals surface area contributed by atoms with Gasteiger partial charge in [0.1, 0.15) is 5.52 Å². The number of aromatic nitrogens is 1. The van der Waals surface area contributed by atoms with Gasteiger partial charge in [0.25, 0.3) is 0 Å². The maximum atomic E-state index is 12.7. The molecule has 1 fully saturated rings. The zero-order valence-corrected chi connectivity index (χ0v) is 16.1. The van der Waals surface area contributed by atoms with E-state index in [9.17, 15) is 4.79 Å². The van der Waals surface area contributed by atoms with Gasteiger partial charge >= 0.3 is 0 Å². The summed E-state index contributed by atoms with van der Waals surface area (Å²) in [6, 6.07) is 22.2. The third-order valence-electron chi connectivity index (χ3n) is 5.70. The molecule has 1 aromatic heterocycles. The first-order chi connectivity index (χ1) is 14.3. The van der Waals surface area contributed by atoms with Crippen LogP contribution in [0, 0.1) is 0 Å². The van der Waals surface area contributed by atoms with E-state index in [2.05, 4.69) is 23.2 Å². The number of nitrogens with zero attached hydrogens (tertiary/aromatic N) is 2. The number of hydrogen-bond acceptors (Lipinski definition) is 3. The summed E-state index contributed by atoms with van der Waals surface area (Å²) in [4.78, 5) is 19.2. The van der Waals surface area contributed by atoms with Crippen LogP contribution in [0.4, 0.5) is 0 Å². The van der Waals surface area contributed by atoms with E-state index < -0.39 is 0 Å². The molecule has 3 aromatic carbocycles. The molecule has 0 saturated carbocycles. The zero-order chi connectivity index (χ0) is 19.6. The van der Waals surface area contributed by atoms with Crippen LogP contribution in [0.2, 0.25) is 0 Å². The van der Waals surface area contributed by atoms with Gasteiger partial charge in [-0.25, -0.2) is 4.98 Å². The van der Waals surface area contributed by atoms with Crippen molar-refractivity contribution in [2.75, 3.05) is 13.1 Å². The number of carbonyl (C=O) groups is 1. The van der Waals surface area contributed by atoms with Crippen molar-refractivity contribution in [3.05, 3.63) is 84.3 Å². The third kappa shape index (κ3) is 3.54. The van der Waals surface area contributed by atoms with Crippen molar-refractivity contribution in [1.29, 1.82) is 0 Å². The molecule has 144 valence electrons. The van der Waals surface area contributed by atoms with Crippen molar-refractivity contribution in [2.24, 2.45) is 0 Å². The molecule has 4 aromatic rings. The minimum absolute atomic E-state index is 0.0638. The first kappa shape index (κ1) is 17.7. The number of benzene rings is 3. The van der Waals surface area contributed by atoms with Gasteiger partial charge in [0.2, 0.25) is 5.91 Å². The molecule has 1 aliphatic rings. The summed E-state index contributed by atoms with van der Waals surface area (Å²) < 4.78 is 5.92. The summed E-state index contributed by atoms with van der Waals surface area (Å²) in [5.74, 6) is 1.13. The highest BCUT2D eigenvalue weighted by atomic mass is 16.3. The summed E-state index contributed by atoms with van der Waals surface area (Å²) in [5, 5.41) is 2.34. The summed E-state index contributed by atoms with van der Waals surface area (Å²) in [7, 11) is 0. The van der Waals surface area contributed by atoms with Crippen LogP contribution in [0.5, 0.6) is 0 Å². The molecule has 1 amide bonds. The predicted octanol–water partition coefficient (Wildman–Crippen LogP) is 5.40. The van der Waals surface area contributed by atoms with Crippen LogP contribution < -0.4 is 0 Å². The topological polar surface area (TPSA) is 46.3 Å². The standard InChI is InChI=1S/C25H22N2O2/c28-24(13-12-19-8-5-7-18-6-1-2-9-21(18)19)27-16-14-20(15-17-27)25-26-22-10-3-4-11-23(22)29-25/h1-13,20H,14-17H2/b13-12+. The lowest BCUT2D eigenvalue weighted by Gasteiger charge is -2.29. The summed E-state index contributed by atoms with van der Waals surface area (Å²) >= 11 is 0. The Kier molecular flexibility index (Phi) is 4.60. The van der Waals surface area contributed by atoms with E-state index in [1.165, 1.54) is 5.39 Å². The van der Waals surface area contributed by atoms with Gasteiger partial charge in [-0.2, -0.15) is 0 Å². The first-order valence-electron chi connectivity index (χ1n) is 10.1. The van der Waals surface area contributed by atoms with Gasteiger partial charge in [-0.1, -0.05) is 54.6 Å². The highest BCUT2D eigenvalue weighted by Crippen LogP contribution is 2.30. The van der Waals surface area contributed by atoms with E-state index in [0.717, 1.165) is 53.9 Å². The lowest BCUT2D eigenvalue weighted by Crippen LogP contribution is -2.36. The van der Waals surface area contributed by atoms with Crippen LogP contribution >= 0.6 is 0 Å². The Morgan fingerprint density at radius 1 is 0.966 bits per heavy atom. The number of rotatable bonds is 3. The molecule has 0 radical (unpaired) electrons. The molecular formula is C25H22N2O2. The van der Waals surface area contributed by atoms with Gasteiger partial charge in [-0.3, -0.25) is 4.79 Å². The van der Waals surface area contributed by atoms with Crippen molar-refractivity contribution < 1.29 is 9.21 Å². The molecule has 0 N–H and O–H groups in total. The van der Waals surface area contributed by atoms with Crippen LogP contribution in [-0.2, 0) is 4.79 Å². The van der Waals surface area contributed by atoms with Crippen molar-refractivity contribution in [3.63, 3.8) is 0 Å². The van der Waals surface area contributed by atoms with Crippen LogP contribution in [0.25, 0.3) is 27.9 Å². The Hall–Kier alpha value is -3.40. The fourth-order valence-corrected chi connectivity index (χ4v) is 4.07. The summed E-state index contributed by atoms with van der Waals surface area (Å²) in [5.41, 5.74) is 2.80. The van der Waals surface area contributed by atoms with E-state index in [4.69, 9.17) is 4.42 Å². The second kappa shape index (κ2) is 7.55. The molecule has 2 heterocycles. The van der Waals surface area contributed by atoms with Crippen molar-refractivity contribution >= 4 is 33.9 Å². The van der Waals surface area contributed by atoms with E-state index in [1.54, 1.807) is 6.08 Å². The van der Waals surface area contributed by atoms with Crippen LogP contribution in [0.3, 0.4) is 0 Å². The van der Waals surface area contributed by atoms with E-state index in [1.807, 2.05) is 59.5 Å². The molecule has 0 spiro atoms. The quantitative estimate of drug-likeness (QED) is 0.446. The Bertz CT molecular complexity index is 1160. The number of para-hydroxylation sites is 2. The van der Waals surface area contributed by atoms with Crippen molar-refractivity contribution in [1.82, 2.24) is 9.88 Å². The predicted molar refractivity (Wildman–Crippen MR) is 116 cm³/mol. The molecule has 0 aliphatic carbocycles. The molecule has 29 heavy (non-hydrogen) atoms. The lowest BCUT2D eigenvalue weighted by atomic mass is 9.96. The second-order valence-electron chi connectivity index (χ2n) is 7.52. The van der Waals surface area contributed by atoms with Gasteiger partial charge < -0.3 is 9.32 Å². The van der Waals surface area contributed by atoms with Gasteiger partial charge in [0.15, 0.2) is 11.5 Å². The van der Waals surface area contributed by atoms with Gasteiger partial charge in [-0.05, 0) is 47.4 Å². The number of likely N-dealkylation sites (tertiary alicyclic amines) is 1. The van der Waals surface area contributed by atoms with Crippen molar-refractivity contribution in [2.45, 2.75) is 18.8 Å². The van der Waals surface area contributed by atoms with Crippen LogP contribution in [0.15, 0.2) is 77.2 Å². The highest BCUT2D eigenvalue weighted by molar-refractivity contribution is 5.96. The fourth-order valence-electron chi connectivity index (χ4n) is 4.07. The van der Waals surface area contributed by atoms with E-state index >= 15 is 0 Å². The molecule has 4 nitrogen and oxygen atoms in total. The molecular weight excluding hydrogens is 360 g/mol. The maximum Gasteiger partial charge on any atom is 0.246 e. The Balaban J connectivity index is 1.25. The van der Waals surface area contributed by atoms with Gasteiger partial charge in [-0.15, -0.1) is 0 Å². The minimum atomic E-state index is 0.0638. The monoisotopic (exact) mass is 382 g/mol. The molecule has 1 saturated heterocycles. The number of hydrogen-bond donors (Lipinski definition) is 0. The Morgan fingerprint density at radius 2 is 1.72 bits per heavy atom. The normalized spacial score (nSPS) is 15.5. The first-order valence-corrected chi connectivity index (χ1v) is 10.1. The minimum Gasteiger partial charge on any atom is -0.440 e. The average molecular weight is 382 g/mol. The fraction of sp³-hybridized carbons (Fsp3) is 0.200. The van der Waals surface area contributed by atoms with Gasteiger partial charge in [0.05, 0.1) is 0 Å².